The zero-order chi connectivity index (χ0) is 26.3. The molecule has 0 fully saturated rings. The molecule has 0 aliphatic carbocycles. The maximum atomic E-state index is 13.9. The van der Waals surface area contributed by atoms with Crippen molar-refractivity contribution in [3.63, 3.8) is 0 Å². The molecule has 1 aliphatic heterocycles. The number of halogens is 5. The molecule has 1 heterocycles. The average Bonchev–Trinajstić information content (AvgIpc) is 2.83. The number of nitro benzene ring substituents is 1. The van der Waals surface area contributed by atoms with Crippen molar-refractivity contribution in [3.05, 3.63) is 92.4 Å². The summed E-state index contributed by atoms with van der Waals surface area (Å²) in [5.74, 6) is -0.531. The highest BCUT2D eigenvalue weighted by Crippen LogP contribution is 2.45. The second-order valence-electron chi connectivity index (χ2n) is 7.85. The van der Waals surface area contributed by atoms with Crippen molar-refractivity contribution >= 4 is 37.3 Å². The summed E-state index contributed by atoms with van der Waals surface area (Å²) in [5.41, 5.74) is 0.725. The first-order chi connectivity index (χ1) is 16.9. The van der Waals surface area contributed by atoms with E-state index in [1.807, 2.05) is 0 Å². The van der Waals surface area contributed by atoms with Crippen molar-refractivity contribution in [3.8, 4) is 5.75 Å². The van der Waals surface area contributed by atoms with Gasteiger partial charge in [0.25, 0.3) is 15.7 Å². The lowest BCUT2D eigenvalue weighted by Crippen LogP contribution is -2.38. The molecule has 0 saturated heterocycles. The minimum absolute atomic E-state index is 0.253. The summed E-state index contributed by atoms with van der Waals surface area (Å²) >= 11 is 3.42. The third-order valence-corrected chi connectivity index (χ3v) is 8.27. The number of benzene rings is 3. The van der Waals surface area contributed by atoms with E-state index in [-0.39, 0.29) is 6.42 Å². The Morgan fingerprint density at radius 2 is 1.72 bits per heavy atom. The molecule has 0 radical (unpaired) electrons. The molecular formula is C23H17BrF4N2O5S. The van der Waals surface area contributed by atoms with Crippen LogP contribution in [0, 0.1) is 10.1 Å². The number of rotatable bonds is 7. The van der Waals surface area contributed by atoms with Crippen LogP contribution in [0.15, 0.2) is 76.1 Å². The molecule has 36 heavy (non-hydrogen) atoms. The smallest absolute Gasteiger partial charge is 0.428 e. The number of hydrogen-bond donors (Lipinski definition) is 0. The van der Waals surface area contributed by atoms with Crippen molar-refractivity contribution in [1.82, 2.24) is 0 Å². The first kappa shape index (κ1) is 25.9. The number of para-hydroxylation sites is 1. The van der Waals surface area contributed by atoms with Gasteiger partial charge in [-0.15, -0.1) is 0 Å². The number of nitro groups is 1. The number of nitrogens with zero attached hydrogens (tertiary/aromatic N) is 2. The Morgan fingerprint density at radius 3 is 2.36 bits per heavy atom. The van der Waals surface area contributed by atoms with Gasteiger partial charge < -0.3 is 4.74 Å². The van der Waals surface area contributed by atoms with Crippen LogP contribution >= 0.6 is 15.9 Å². The van der Waals surface area contributed by atoms with Gasteiger partial charge in [0.2, 0.25) is 0 Å². The molecule has 190 valence electrons. The Morgan fingerprint density at radius 1 is 1.06 bits per heavy atom. The quantitative estimate of drug-likeness (QED) is 0.179. The predicted octanol–water partition coefficient (Wildman–Crippen LogP) is 6.48. The summed E-state index contributed by atoms with van der Waals surface area (Å²) in [5, 5.41) is 11.6. The summed E-state index contributed by atoms with van der Waals surface area (Å²) in [6, 6.07) is 13.7. The molecule has 13 heteroatoms. The fourth-order valence-corrected chi connectivity index (χ4v) is 6.47. The van der Waals surface area contributed by atoms with Gasteiger partial charge in [0.15, 0.2) is 4.90 Å². The average molecular weight is 589 g/mol. The number of sulfonamides is 1. The Labute approximate surface area is 211 Å². The Hall–Kier alpha value is -3.19. The maximum Gasteiger partial charge on any atom is 0.461 e. The predicted molar refractivity (Wildman–Crippen MR) is 126 cm³/mol. The molecule has 4 rings (SSSR count). The third kappa shape index (κ3) is 4.76. The van der Waals surface area contributed by atoms with Gasteiger partial charge in [0, 0.05) is 10.5 Å². The van der Waals surface area contributed by atoms with Crippen molar-refractivity contribution in [1.29, 1.82) is 0 Å². The lowest BCUT2D eigenvalue weighted by molar-refractivity contribution is -0.387. The van der Waals surface area contributed by atoms with Crippen LogP contribution in [0.4, 0.5) is 28.9 Å². The van der Waals surface area contributed by atoms with E-state index in [2.05, 4.69) is 20.7 Å². The van der Waals surface area contributed by atoms with Gasteiger partial charge in [0.05, 0.1) is 16.7 Å². The van der Waals surface area contributed by atoms with E-state index in [1.54, 1.807) is 18.2 Å². The molecule has 0 saturated carbocycles. The molecule has 7 nitrogen and oxygen atoms in total. The fourth-order valence-electron chi connectivity index (χ4n) is 4.06. The Balaban J connectivity index is 1.82. The summed E-state index contributed by atoms with van der Waals surface area (Å²) in [6.45, 7) is 0. The first-order valence-electron chi connectivity index (χ1n) is 10.4. The Bertz CT molecular complexity index is 1400. The maximum absolute atomic E-state index is 13.9. The highest BCUT2D eigenvalue weighted by molar-refractivity contribution is 9.10. The first-order valence-corrected chi connectivity index (χ1v) is 12.7. The second-order valence-corrected chi connectivity index (χ2v) is 10.5. The molecule has 0 spiro atoms. The van der Waals surface area contributed by atoms with E-state index in [1.165, 1.54) is 24.3 Å². The lowest BCUT2D eigenvalue weighted by atomic mass is 9.93. The van der Waals surface area contributed by atoms with Crippen LogP contribution in [-0.4, -0.2) is 25.9 Å². The number of ether oxygens (including phenoxy) is 1. The van der Waals surface area contributed by atoms with Crippen molar-refractivity contribution in [2.24, 2.45) is 0 Å². The summed E-state index contributed by atoms with van der Waals surface area (Å²) in [7, 11) is -4.49. The highest BCUT2D eigenvalue weighted by Gasteiger charge is 2.44. The van der Waals surface area contributed by atoms with Crippen LogP contribution in [0.3, 0.4) is 0 Å². The summed E-state index contributed by atoms with van der Waals surface area (Å²) < 4.78 is 85.1. The van der Waals surface area contributed by atoms with Gasteiger partial charge in [-0.2, -0.15) is 17.6 Å². The van der Waals surface area contributed by atoms with Gasteiger partial charge in [-0.1, -0.05) is 46.3 Å². The van der Waals surface area contributed by atoms with Gasteiger partial charge in [-0.3, -0.25) is 14.4 Å². The van der Waals surface area contributed by atoms with Crippen LogP contribution in [0.2, 0.25) is 0 Å². The molecule has 0 N–H and O–H groups in total. The van der Waals surface area contributed by atoms with E-state index in [9.17, 15) is 36.1 Å². The number of hydrogen-bond acceptors (Lipinski definition) is 5. The largest absolute Gasteiger partial charge is 0.461 e. The fraction of sp³-hybridized carbons (Fsp3) is 0.217. The third-order valence-electron chi connectivity index (χ3n) is 5.65. The SMILES string of the molecule is O=[N+]([O-])c1ccccc1S(=O)(=O)N1c2cccc(Br)c2CCC1c1ccc(OC(F)(F)C(F)F)cc1. The minimum atomic E-state index is -4.70. The summed E-state index contributed by atoms with van der Waals surface area (Å²) in [4.78, 5) is 10.3. The topological polar surface area (TPSA) is 89.8 Å². The minimum Gasteiger partial charge on any atom is -0.428 e. The van der Waals surface area contributed by atoms with E-state index < -0.39 is 49.9 Å². The monoisotopic (exact) mass is 588 g/mol. The summed E-state index contributed by atoms with van der Waals surface area (Å²) in [6.07, 6.45) is -8.04. The highest BCUT2D eigenvalue weighted by atomic mass is 79.9. The molecule has 0 bridgehead atoms. The van der Waals surface area contributed by atoms with Crippen LogP contribution < -0.4 is 9.04 Å². The molecule has 3 aromatic rings. The van der Waals surface area contributed by atoms with Crippen LogP contribution in [-0.2, 0) is 16.4 Å². The van der Waals surface area contributed by atoms with Crippen LogP contribution in [0.25, 0.3) is 0 Å². The normalized spacial score (nSPS) is 16.1. The second kappa shape index (κ2) is 9.69. The van der Waals surface area contributed by atoms with E-state index in [0.29, 0.717) is 27.7 Å². The molecular weight excluding hydrogens is 572 g/mol. The number of fused-ring (bicyclic) bond motifs is 1. The van der Waals surface area contributed by atoms with E-state index in [4.69, 9.17) is 0 Å². The number of anilines is 1. The molecule has 1 unspecified atom stereocenters. The van der Waals surface area contributed by atoms with Crippen molar-refractivity contribution in [2.45, 2.75) is 36.3 Å². The molecule has 3 aromatic carbocycles. The molecule has 0 aromatic heterocycles. The van der Waals surface area contributed by atoms with Crippen molar-refractivity contribution < 1.29 is 35.6 Å². The standard InChI is InChI=1S/C23H17BrF4N2O5S/c24-17-4-3-6-19-16(17)12-13-18(14-8-10-15(11-9-14)35-23(27,28)22(25)26)29(19)36(33,34)21-7-2-1-5-20(21)30(31)32/h1-11,18,22H,12-13H2. The molecule has 0 amide bonds. The van der Waals surface area contributed by atoms with Crippen molar-refractivity contribution in [2.75, 3.05) is 4.31 Å². The van der Waals surface area contributed by atoms with E-state index >= 15 is 0 Å². The van der Waals surface area contributed by atoms with Crippen LogP contribution in [0.5, 0.6) is 5.75 Å². The number of alkyl halides is 4. The van der Waals surface area contributed by atoms with Gasteiger partial charge in [-0.05, 0) is 54.3 Å². The van der Waals surface area contributed by atoms with Gasteiger partial charge in [-0.25, -0.2) is 8.42 Å². The zero-order valence-corrected chi connectivity index (χ0v) is 20.6. The zero-order valence-electron chi connectivity index (χ0n) is 18.2. The molecule has 1 atom stereocenters. The van der Waals surface area contributed by atoms with Gasteiger partial charge >= 0.3 is 12.5 Å². The Kier molecular flexibility index (Phi) is 6.97. The lowest BCUT2D eigenvalue weighted by Gasteiger charge is -2.38. The van der Waals surface area contributed by atoms with E-state index in [0.717, 1.165) is 28.6 Å². The molecule has 1 aliphatic rings. The van der Waals surface area contributed by atoms with Crippen LogP contribution in [0.1, 0.15) is 23.6 Å². The van der Waals surface area contributed by atoms with Gasteiger partial charge in [0.1, 0.15) is 5.75 Å².